The average Bonchev–Trinajstić information content (AvgIpc) is 3.04. The molecule has 1 aromatic heterocycles. The number of esters is 1. The van der Waals surface area contributed by atoms with E-state index in [0.717, 1.165) is 30.5 Å². The summed E-state index contributed by atoms with van der Waals surface area (Å²) in [5.74, 6) is -0.556. The fourth-order valence-corrected chi connectivity index (χ4v) is 2.68. The highest BCUT2D eigenvalue weighted by molar-refractivity contribution is 5.91. The molecule has 0 aliphatic rings. The molecule has 26 heavy (non-hydrogen) atoms. The molecule has 0 atom stereocenters. The van der Waals surface area contributed by atoms with Crippen molar-refractivity contribution in [1.29, 1.82) is 0 Å². The number of rotatable bonds is 6. The third kappa shape index (κ3) is 3.99. The molecule has 0 amide bonds. The Hall–Kier alpha value is -2.95. The second-order valence-electron chi connectivity index (χ2n) is 6.06. The van der Waals surface area contributed by atoms with Crippen LogP contribution in [0.5, 0.6) is 5.88 Å². The molecule has 0 aliphatic heterocycles. The third-order valence-corrected chi connectivity index (χ3v) is 4.08. The quantitative estimate of drug-likeness (QED) is 0.602. The molecule has 0 saturated heterocycles. The average molecular weight is 352 g/mol. The predicted molar refractivity (Wildman–Crippen MR) is 98.3 cm³/mol. The van der Waals surface area contributed by atoms with E-state index < -0.39 is 5.97 Å². The Kier molecular flexibility index (Phi) is 5.46. The largest absolute Gasteiger partial charge is 0.404 e. The second-order valence-corrected chi connectivity index (χ2v) is 6.06. The van der Waals surface area contributed by atoms with Crippen molar-refractivity contribution >= 4 is 5.97 Å². The van der Waals surface area contributed by atoms with E-state index in [1.807, 2.05) is 19.1 Å². The summed E-state index contributed by atoms with van der Waals surface area (Å²) in [7, 11) is 0. The van der Waals surface area contributed by atoms with Gasteiger partial charge in [-0.2, -0.15) is 5.10 Å². The van der Waals surface area contributed by atoms with Crippen LogP contribution in [0.3, 0.4) is 0 Å². The molecule has 0 aliphatic carbocycles. The summed E-state index contributed by atoms with van der Waals surface area (Å²) < 4.78 is 20.6. The fourth-order valence-electron chi connectivity index (χ4n) is 2.68. The van der Waals surface area contributed by atoms with E-state index in [9.17, 15) is 9.18 Å². The predicted octanol–water partition coefficient (Wildman–Crippen LogP) is 4.75. The maximum atomic E-state index is 13.6. The number of nitrogens with zero attached hydrogens (tertiary/aromatic N) is 2. The van der Waals surface area contributed by atoms with Gasteiger partial charge in [0.25, 0.3) is 0 Å². The topological polar surface area (TPSA) is 44.1 Å². The van der Waals surface area contributed by atoms with Gasteiger partial charge >= 0.3 is 5.97 Å². The normalized spacial score (nSPS) is 10.7. The number of aryl methyl sites for hydroxylation is 2. The molecule has 0 N–H and O–H groups in total. The van der Waals surface area contributed by atoms with Gasteiger partial charge in [0.15, 0.2) is 0 Å². The second kappa shape index (κ2) is 7.95. The van der Waals surface area contributed by atoms with Crippen LogP contribution in [0.1, 0.15) is 41.9 Å². The first-order valence-electron chi connectivity index (χ1n) is 8.76. The van der Waals surface area contributed by atoms with Gasteiger partial charge in [0.2, 0.25) is 5.88 Å². The lowest BCUT2D eigenvalue weighted by atomic mass is 10.1. The van der Waals surface area contributed by atoms with Crippen LogP contribution in [0.4, 0.5) is 4.39 Å². The van der Waals surface area contributed by atoms with Crippen molar-refractivity contribution in [2.75, 3.05) is 0 Å². The number of hydrogen-bond acceptors (Lipinski definition) is 3. The van der Waals surface area contributed by atoms with E-state index in [-0.39, 0.29) is 11.7 Å². The highest BCUT2D eigenvalue weighted by Gasteiger charge is 2.16. The van der Waals surface area contributed by atoms with Gasteiger partial charge < -0.3 is 4.74 Å². The van der Waals surface area contributed by atoms with Gasteiger partial charge in [-0.1, -0.05) is 38.5 Å². The van der Waals surface area contributed by atoms with Crippen molar-refractivity contribution in [3.8, 4) is 11.6 Å². The number of carbonyl (C=O) groups is 1. The summed E-state index contributed by atoms with van der Waals surface area (Å²) >= 11 is 0. The zero-order valence-corrected chi connectivity index (χ0v) is 14.9. The van der Waals surface area contributed by atoms with Crippen LogP contribution in [0, 0.1) is 5.82 Å². The molecule has 5 heteroatoms. The number of benzene rings is 2. The van der Waals surface area contributed by atoms with Crippen molar-refractivity contribution in [1.82, 2.24) is 9.78 Å². The van der Waals surface area contributed by atoms with Gasteiger partial charge in [-0.15, -0.1) is 0 Å². The van der Waals surface area contributed by atoms with Crippen molar-refractivity contribution in [3.63, 3.8) is 0 Å². The number of hydrogen-bond donors (Lipinski definition) is 0. The van der Waals surface area contributed by atoms with Gasteiger partial charge in [-0.3, -0.25) is 0 Å². The van der Waals surface area contributed by atoms with E-state index in [0.29, 0.717) is 11.3 Å². The van der Waals surface area contributed by atoms with Gasteiger partial charge in [0.05, 0.1) is 16.9 Å². The monoisotopic (exact) mass is 352 g/mol. The number of halogens is 1. The zero-order chi connectivity index (χ0) is 18.5. The molecule has 3 aromatic rings. The molecular weight excluding hydrogens is 331 g/mol. The zero-order valence-electron chi connectivity index (χ0n) is 14.9. The standard InChI is InChI=1S/C21H21FN2O2/c1-3-6-18-14-20(24(23-18)19-8-5-7-17(22)13-19)26-21(25)16-11-9-15(4-2)10-12-16/h5,7-14H,3-4,6H2,1-2H3. The Morgan fingerprint density at radius 2 is 1.88 bits per heavy atom. The molecule has 2 aromatic carbocycles. The van der Waals surface area contributed by atoms with Gasteiger partial charge in [0, 0.05) is 6.07 Å². The number of ether oxygens (including phenoxy) is 1. The molecule has 4 nitrogen and oxygen atoms in total. The van der Waals surface area contributed by atoms with Crippen LogP contribution in [-0.2, 0) is 12.8 Å². The Morgan fingerprint density at radius 3 is 2.54 bits per heavy atom. The molecule has 0 bridgehead atoms. The first-order valence-corrected chi connectivity index (χ1v) is 8.76. The van der Waals surface area contributed by atoms with Gasteiger partial charge in [0.1, 0.15) is 5.82 Å². The molecule has 3 rings (SSSR count). The molecule has 0 radical (unpaired) electrons. The molecule has 134 valence electrons. The first kappa shape index (κ1) is 17.9. The van der Waals surface area contributed by atoms with Crippen LogP contribution in [-0.4, -0.2) is 15.7 Å². The molecule has 0 unspecified atom stereocenters. The molecule has 0 saturated carbocycles. The van der Waals surface area contributed by atoms with Crippen LogP contribution < -0.4 is 4.74 Å². The van der Waals surface area contributed by atoms with E-state index >= 15 is 0 Å². The number of aromatic nitrogens is 2. The van der Waals surface area contributed by atoms with Crippen molar-refractivity contribution in [3.05, 3.63) is 77.2 Å². The fraction of sp³-hybridized carbons (Fsp3) is 0.238. The van der Waals surface area contributed by atoms with Gasteiger partial charge in [-0.25, -0.2) is 13.9 Å². The summed E-state index contributed by atoms with van der Waals surface area (Å²) in [6.45, 7) is 4.10. The maximum absolute atomic E-state index is 13.6. The van der Waals surface area contributed by atoms with E-state index in [1.54, 1.807) is 30.3 Å². The van der Waals surface area contributed by atoms with Crippen molar-refractivity contribution < 1.29 is 13.9 Å². The summed E-state index contributed by atoms with van der Waals surface area (Å²) in [5.41, 5.74) is 2.92. The highest BCUT2D eigenvalue weighted by atomic mass is 19.1. The summed E-state index contributed by atoms with van der Waals surface area (Å²) in [5, 5.41) is 4.46. The van der Waals surface area contributed by atoms with Gasteiger partial charge in [-0.05, 0) is 48.7 Å². The van der Waals surface area contributed by atoms with Crippen LogP contribution in [0.15, 0.2) is 54.6 Å². The SMILES string of the molecule is CCCc1cc(OC(=O)c2ccc(CC)cc2)n(-c2cccc(F)c2)n1. The Bertz CT molecular complexity index is 901. The minimum Gasteiger partial charge on any atom is -0.404 e. The highest BCUT2D eigenvalue weighted by Crippen LogP contribution is 2.22. The van der Waals surface area contributed by atoms with Crippen LogP contribution >= 0.6 is 0 Å². The Morgan fingerprint density at radius 1 is 1.12 bits per heavy atom. The number of carbonyl (C=O) groups excluding carboxylic acids is 1. The Labute approximate surface area is 152 Å². The lowest BCUT2D eigenvalue weighted by Crippen LogP contribution is -2.12. The maximum Gasteiger partial charge on any atom is 0.344 e. The first-order chi connectivity index (χ1) is 12.6. The third-order valence-electron chi connectivity index (χ3n) is 4.08. The van der Waals surface area contributed by atoms with Crippen LogP contribution in [0.2, 0.25) is 0 Å². The lowest BCUT2D eigenvalue weighted by Gasteiger charge is -2.08. The minimum absolute atomic E-state index is 0.281. The van der Waals surface area contributed by atoms with E-state index in [2.05, 4.69) is 12.0 Å². The van der Waals surface area contributed by atoms with Crippen molar-refractivity contribution in [2.45, 2.75) is 33.1 Å². The lowest BCUT2D eigenvalue weighted by molar-refractivity contribution is 0.0723. The summed E-state index contributed by atoms with van der Waals surface area (Å²) in [6, 6.07) is 15.1. The smallest absolute Gasteiger partial charge is 0.344 e. The van der Waals surface area contributed by atoms with E-state index in [4.69, 9.17) is 4.74 Å². The molecule has 1 heterocycles. The van der Waals surface area contributed by atoms with Crippen molar-refractivity contribution in [2.24, 2.45) is 0 Å². The molecule has 0 fully saturated rings. The minimum atomic E-state index is -0.465. The summed E-state index contributed by atoms with van der Waals surface area (Å²) in [6.07, 6.45) is 2.56. The molecule has 0 spiro atoms. The molecular formula is C21H21FN2O2. The van der Waals surface area contributed by atoms with E-state index in [1.165, 1.54) is 16.8 Å². The van der Waals surface area contributed by atoms with Crippen LogP contribution in [0.25, 0.3) is 5.69 Å². The Balaban J connectivity index is 1.91. The summed E-state index contributed by atoms with van der Waals surface area (Å²) in [4.78, 5) is 12.5.